The molecule has 0 radical (unpaired) electrons. The molecule has 0 aliphatic heterocycles. The van der Waals surface area contributed by atoms with Gasteiger partial charge in [0.25, 0.3) is 0 Å². The summed E-state index contributed by atoms with van der Waals surface area (Å²) in [5.41, 5.74) is 2.04. The van der Waals surface area contributed by atoms with Gasteiger partial charge in [0, 0.05) is 18.2 Å². The normalized spacial score (nSPS) is 10.6. The average Bonchev–Trinajstić information content (AvgIpc) is 3.10. The van der Waals surface area contributed by atoms with Gasteiger partial charge in [0.05, 0.1) is 0 Å². The first kappa shape index (κ1) is 29.3. The fourth-order valence-electron chi connectivity index (χ4n) is 4.94. The summed E-state index contributed by atoms with van der Waals surface area (Å²) in [7, 11) is 0. The van der Waals surface area contributed by atoms with E-state index in [0.29, 0.717) is 40.2 Å². The predicted molar refractivity (Wildman–Crippen MR) is 184 cm³/mol. The number of hydrogen-bond acceptors (Lipinski definition) is 5. The van der Waals surface area contributed by atoms with Crippen LogP contribution in [0.2, 0.25) is 0 Å². The maximum atomic E-state index is 6.25. The molecule has 7 aromatic carbocycles. The molecule has 5 heteroatoms. The van der Waals surface area contributed by atoms with Crippen LogP contribution >= 0.6 is 0 Å². The van der Waals surface area contributed by atoms with E-state index in [1.165, 1.54) is 0 Å². The molecule has 0 spiro atoms. The molecule has 5 nitrogen and oxygen atoms in total. The van der Waals surface area contributed by atoms with Crippen molar-refractivity contribution in [1.29, 1.82) is 0 Å². The van der Waals surface area contributed by atoms with Crippen LogP contribution in [0.25, 0.3) is 11.1 Å². The Bertz CT molecular complexity index is 2080. The second-order valence-corrected chi connectivity index (χ2v) is 10.6. The molecule has 0 unspecified atom stereocenters. The van der Waals surface area contributed by atoms with Crippen molar-refractivity contribution >= 4 is 0 Å². The van der Waals surface area contributed by atoms with Crippen LogP contribution in [-0.2, 0) is 0 Å². The monoisotopic (exact) mass is 614 g/mol. The van der Waals surface area contributed by atoms with Crippen molar-refractivity contribution in [2.75, 3.05) is 0 Å². The predicted octanol–water partition coefficient (Wildman–Crippen LogP) is 12.3. The van der Waals surface area contributed by atoms with E-state index in [0.717, 1.165) is 28.4 Å². The van der Waals surface area contributed by atoms with E-state index in [9.17, 15) is 0 Å². The van der Waals surface area contributed by atoms with E-state index < -0.39 is 0 Å². The summed E-state index contributed by atoms with van der Waals surface area (Å²) in [5, 5.41) is 0. The quantitative estimate of drug-likeness (QED) is 0.145. The summed E-state index contributed by atoms with van der Waals surface area (Å²) in [4.78, 5) is 0. The van der Waals surface area contributed by atoms with Crippen LogP contribution in [0.5, 0.6) is 57.5 Å². The lowest BCUT2D eigenvalue weighted by Gasteiger charge is -2.12. The molecular weight excluding hydrogens is 584 g/mol. The molecule has 0 atom stereocenters. The van der Waals surface area contributed by atoms with Gasteiger partial charge in [0.15, 0.2) is 0 Å². The number of hydrogen-bond donors (Lipinski definition) is 0. The number of ether oxygens (including phenoxy) is 5. The van der Waals surface area contributed by atoms with Crippen LogP contribution in [0.3, 0.4) is 0 Å². The summed E-state index contributed by atoms with van der Waals surface area (Å²) >= 11 is 0. The molecule has 0 bridgehead atoms. The van der Waals surface area contributed by atoms with Crippen LogP contribution < -0.4 is 23.7 Å². The molecule has 0 saturated carbocycles. The van der Waals surface area contributed by atoms with E-state index in [4.69, 9.17) is 23.7 Å². The molecule has 0 aliphatic carbocycles. The Balaban J connectivity index is 1.01. The standard InChI is InChI=1S/C42H30O5/c1-3-14-33(15-4-1)43-35-18-7-12-31(26-35)32-13-8-19-36(27-32)45-38-21-10-23-40(29-38)47-42-25-11-24-41(30-42)46-39-22-9-20-37(28-39)44-34-16-5-2-6-17-34/h1-30H. The average molecular weight is 615 g/mol. The fraction of sp³-hybridized carbons (Fsp3) is 0. The third kappa shape index (κ3) is 7.98. The highest BCUT2D eigenvalue weighted by Gasteiger charge is 2.08. The van der Waals surface area contributed by atoms with Crippen LogP contribution in [0.15, 0.2) is 182 Å². The number of benzene rings is 7. The minimum absolute atomic E-state index is 0.635. The van der Waals surface area contributed by atoms with E-state index in [1.807, 2.05) is 170 Å². The molecule has 0 fully saturated rings. The molecule has 7 aromatic rings. The molecule has 0 amide bonds. The molecule has 7 rings (SSSR count). The van der Waals surface area contributed by atoms with Crippen molar-refractivity contribution < 1.29 is 23.7 Å². The summed E-state index contributed by atoms with van der Waals surface area (Å²) < 4.78 is 30.6. The van der Waals surface area contributed by atoms with Crippen molar-refractivity contribution in [1.82, 2.24) is 0 Å². The maximum absolute atomic E-state index is 6.25. The third-order valence-electron chi connectivity index (χ3n) is 7.08. The fourth-order valence-corrected chi connectivity index (χ4v) is 4.94. The van der Waals surface area contributed by atoms with Gasteiger partial charge in [-0.2, -0.15) is 0 Å². The Morgan fingerprint density at radius 2 is 0.426 bits per heavy atom. The Morgan fingerprint density at radius 1 is 0.191 bits per heavy atom. The Kier molecular flexibility index (Phi) is 8.78. The Morgan fingerprint density at radius 3 is 0.745 bits per heavy atom. The molecule has 0 heterocycles. The van der Waals surface area contributed by atoms with Gasteiger partial charge in [-0.05, 0) is 96.1 Å². The zero-order valence-electron chi connectivity index (χ0n) is 25.4. The molecule has 228 valence electrons. The van der Waals surface area contributed by atoms with E-state index in [-0.39, 0.29) is 0 Å². The number of rotatable bonds is 11. The summed E-state index contributed by atoms with van der Waals surface area (Å²) in [6.45, 7) is 0. The molecule has 0 aromatic heterocycles. The highest BCUT2D eigenvalue weighted by atomic mass is 16.5. The van der Waals surface area contributed by atoms with Gasteiger partial charge in [-0.15, -0.1) is 0 Å². The first-order valence-electron chi connectivity index (χ1n) is 15.2. The van der Waals surface area contributed by atoms with E-state index >= 15 is 0 Å². The lowest BCUT2D eigenvalue weighted by molar-refractivity contribution is 0.447. The molecular formula is C42H30O5. The zero-order chi connectivity index (χ0) is 31.7. The summed E-state index contributed by atoms with van der Waals surface area (Å²) in [6, 6.07) is 58.0. The third-order valence-corrected chi connectivity index (χ3v) is 7.08. The van der Waals surface area contributed by atoms with Crippen LogP contribution in [-0.4, -0.2) is 0 Å². The maximum Gasteiger partial charge on any atom is 0.131 e. The minimum atomic E-state index is 0.635. The first-order chi connectivity index (χ1) is 23.2. The van der Waals surface area contributed by atoms with Gasteiger partial charge in [0.2, 0.25) is 0 Å². The van der Waals surface area contributed by atoms with Gasteiger partial charge < -0.3 is 23.7 Å². The highest BCUT2D eigenvalue weighted by Crippen LogP contribution is 2.34. The largest absolute Gasteiger partial charge is 0.457 e. The van der Waals surface area contributed by atoms with Crippen molar-refractivity contribution in [3.8, 4) is 68.6 Å². The number of para-hydroxylation sites is 2. The first-order valence-corrected chi connectivity index (χ1v) is 15.2. The lowest BCUT2D eigenvalue weighted by Crippen LogP contribution is -1.90. The van der Waals surface area contributed by atoms with Crippen molar-refractivity contribution in [3.63, 3.8) is 0 Å². The van der Waals surface area contributed by atoms with E-state index in [2.05, 4.69) is 12.1 Å². The summed E-state index contributed by atoms with van der Waals surface area (Å²) in [5.74, 6) is 6.95. The van der Waals surface area contributed by atoms with Gasteiger partial charge in [0.1, 0.15) is 57.5 Å². The second-order valence-electron chi connectivity index (χ2n) is 10.6. The van der Waals surface area contributed by atoms with Gasteiger partial charge in [-0.3, -0.25) is 0 Å². The van der Waals surface area contributed by atoms with Crippen molar-refractivity contribution in [3.05, 3.63) is 182 Å². The van der Waals surface area contributed by atoms with Crippen LogP contribution in [0, 0.1) is 0 Å². The van der Waals surface area contributed by atoms with Crippen LogP contribution in [0.1, 0.15) is 0 Å². The molecule has 0 aliphatic rings. The second kappa shape index (κ2) is 14.1. The smallest absolute Gasteiger partial charge is 0.131 e. The SMILES string of the molecule is c1ccc(Oc2cccc(Oc3cccc(Oc4cccc(Oc5cccc(-c6cccc(Oc7ccccc7)c6)c5)c4)c3)c2)cc1. The molecule has 0 N–H and O–H groups in total. The van der Waals surface area contributed by atoms with Crippen molar-refractivity contribution in [2.24, 2.45) is 0 Å². The van der Waals surface area contributed by atoms with Crippen molar-refractivity contribution in [2.45, 2.75) is 0 Å². The minimum Gasteiger partial charge on any atom is -0.457 e. The molecule has 47 heavy (non-hydrogen) atoms. The van der Waals surface area contributed by atoms with Gasteiger partial charge in [-0.25, -0.2) is 0 Å². The lowest BCUT2D eigenvalue weighted by atomic mass is 10.1. The zero-order valence-corrected chi connectivity index (χ0v) is 25.4. The van der Waals surface area contributed by atoms with Gasteiger partial charge in [-0.1, -0.05) is 78.9 Å². The summed E-state index contributed by atoms with van der Waals surface area (Å²) in [6.07, 6.45) is 0. The Labute approximate surface area is 273 Å². The van der Waals surface area contributed by atoms with Gasteiger partial charge >= 0.3 is 0 Å². The molecule has 0 saturated heterocycles. The Hall–Kier alpha value is -6.46. The highest BCUT2D eigenvalue weighted by molar-refractivity contribution is 5.67. The van der Waals surface area contributed by atoms with E-state index in [1.54, 1.807) is 0 Å². The van der Waals surface area contributed by atoms with Crippen LogP contribution in [0.4, 0.5) is 0 Å². The topological polar surface area (TPSA) is 46.2 Å².